The fourth-order valence-corrected chi connectivity index (χ4v) is 7.81. The Morgan fingerprint density at radius 1 is 0.700 bits per heavy atom. The van der Waals surface area contributed by atoms with Gasteiger partial charge in [0.25, 0.3) is 0 Å². The van der Waals surface area contributed by atoms with Crippen LogP contribution in [0.25, 0.3) is 33.1 Å². The van der Waals surface area contributed by atoms with Crippen LogP contribution in [-0.2, 0) is 0 Å². The minimum atomic E-state index is 0.153. The zero-order valence-corrected chi connectivity index (χ0v) is 23.5. The fraction of sp³-hybridized carbons (Fsp3) is 0.231. The van der Waals surface area contributed by atoms with E-state index in [2.05, 4.69) is 128 Å². The third-order valence-corrected chi connectivity index (χ3v) is 9.97. The van der Waals surface area contributed by atoms with Crippen LogP contribution in [0.4, 0.5) is 0 Å². The maximum atomic E-state index is 2.55. The third-order valence-electron chi connectivity index (χ3n) is 9.97. The van der Waals surface area contributed by atoms with Crippen LogP contribution in [0.3, 0.4) is 0 Å². The van der Waals surface area contributed by atoms with Crippen molar-refractivity contribution in [3.05, 3.63) is 143 Å². The lowest BCUT2D eigenvalue weighted by Gasteiger charge is -2.33. The zero-order chi connectivity index (χ0) is 26.8. The van der Waals surface area contributed by atoms with E-state index in [9.17, 15) is 0 Å². The van der Waals surface area contributed by atoms with Crippen LogP contribution in [0.2, 0.25) is 0 Å². The number of hydrogen-bond acceptors (Lipinski definition) is 0. The summed E-state index contributed by atoms with van der Waals surface area (Å²) in [5, 5.41) is 2.62. The van der Waals surface area contributed by atoms with Crippen LogP contribution >= 0.6 is 0 Å². The highest BCUT2D eigenvalue weighted by Gasteiger charge is 2.45. The summed E-state index contributed by atoms with van der Waals surface area (Å²) < 4.78 is 2.41. The van der Waals surface area contributed by atoms with E-state index in [1.165, 1.54) is 63.5 Å². The number of hydrogen-bond donors (Lipinski definition) is 0. The molecule has 0 amide bonds. The van der Waals surface area contributed by atoms with Gasteiger partial charge in [-0.2, -0.15) is 0 Å². The summed E-state index contributed by atoms with van der Waals surface area (Å²) in [7, 11) is 0. The monoisotopic (exact) mass is 517 g/mol. The molecular formula is C39H35N. The van der Waals surface area contributed by atoms with Gasteiger partial charge < -0.3 is 4.57 Å². The maximum absolute atomic E-state index is 2.55. The molecule has 8 rings (SSSR count). The van der Waals surface area contributed by atoms with Gasteiger partial charge >= 0.3 is 0 Å². The van der Waals surface area contributed by atoms with Gasteiger partial charge in [0.1, 0.15) is 0 Å². The molecule has 0 saturated carbocycles. The molecule has 0 radical (unpaired) electrons. The molecule has 4 aromatic rings. The van der Waals surface area contributed by atoms with Gasteiger partial charge in [-0.3, -0.25) is 0 Å². The highest BCUT2D eigenvalue weighted by Crippen LogP contribution is 2.58. The van der Waals surface area contributed by atoms with Crippen LogP contribution in [0.15, 0.2) is 137 Å². The second-order valence-corrected chi connectivity index (χ2v) is 12.4. The average Bonchev–Trinajstić information content (AvgIpc) is 3.46. The summed E-state index contributed by atoms with van der Waals surface area (Å²) >= 11 is 0. The van der Waals surface area contributed by atoms with Gasteiger partial charge in [-0.25, -0.2) is 0 Å². The van der Waals surface area contributed by atoms with Gasteiger partial charge in [-0.05, 0) is 107 Å². The first-order valence-corrected chi connectivity index (χ1v) is 14.9. The van der Waals surface area contributed by atoms with Crippen molar-refractivity contribution in [2.45, 2.75) is 46.0 Å². The van der Waals surface area contributed by atoms with Gasteiger partial charge in [0.05, 0.1) is 11.0 Å². The van der Waals surface area contributed by atoms with E-state index in [0.717, 1.165) is 12.8 Å². The molecule has 3 aromatic carbocycles. The first-order chi connectivity index (χ1) is 19.6. The molecule has 0 aliphatic heterocycles. The van der Waals surface area contributed by atoms with Gasteiger partial charge in [-0.1, -0.05) is 98.8 Å². The normalized spacial score (nSPS) is 21.6. The molecule has 40 heavy (non-hydrogen) atoms. The number of aromatic nitrogens is 1. The average molecular weight is 518 g/mol. The predicted octanol–water partition coefficient (Wildman–Crippen LogP) is 10.4. The zero-order valence-electron chi connectivity index (χ0n) is 23.5. The molecule has 1 atom stereocenters. The number of nitrogens with zero attached hydrogens (tertiary/aromatic N) is 1. The lowest BCUT2D eigenvalue weighted by atomic mass is 9.70. The lowest BCUT2D eigenvalue weighted by Crippen LogP contribution is -2.24. The Kier molecular flexibility index (Phi) is 5.32. The Labute approximate surface area is 237 Å². The summed E-state index contributed by atoms with van der Waals surface area (Å²) in [6.07, 6.45) is 20.1. The van der Waals surface area contributed by atoms with Gasteiger partial charge in [-0.15, -0.1) is 0 Å². The summed E-state index contributed by atoms with van der Waals surface area (Å²) in [6.45, 7) is 4.97. The molecule has 0 saturated heterocycles. The molecule has 196 valence electrons. The van der Waals surface area contributed by atoms with Crippen LogP contribution in [0.1, 0.15) is 51.5 Å². The quantitative estimate of drug-likeness (QED) is 0.255. The van der Waals surface area contributed by atoms with E-state index in [-0.39, 0.29) is 5.41 Å². The minimum Gasteiger partial charge on any atom is -0.309 e. The van der Waals surface area contributed by atoms with Crippen LogP contribution in [-0.4, -0.2) is 4.57 Å². The Morgan fingerprint density at radius 2 is 1.43 bits per heavy atom. The Bertz CT molecular complexity index is 1820. The first kappa shape index (κ1) is 23.8. The highest BCUT2D eigenvalue weighted by atomic mass is 15.0. The van der Waals surface area contributed by atoms with Crippen molar-refractivity contribution in [2.24, 2.45) is 11.3 Å². The molecule has 0 bridgehead atoms. The molecule has 1 heterocycles. The van der Waals surface area contributed by atoms with Crippen molar-refractivity contribution in [1.29, 1.82) is 0 Å². The van der Waals surface area contributed by atoms with Gasteiger partial charge in [0.15, 0.2) is 0 Å². The van der Waals surface area contributed by atoms with Crippen molar-refractivity contribution in [2.75, 3.05) is 0 Å². The lowest BCUT2D eigenvalue weighted by molar-refractivity contribution is 0.331. The van der Waals surface area contributed by atoms with Crippen molar-refractivity contribution < 1.29 is 0 Å². The van der Waals surface area contributed by atoms with E-state index in [1.807, 2.05) is 0 Å². The molecular weight excluding hydrogens is 482 g/mol. The van der Waals surface area contributed by atoms with Crippen molar-refractivity contribution in [3.8, 4) is 5.69 Å². The smallest absolute Gasteiger partial charge is 0.0541 e. The molecule has 4 aliphatic rings. The Hall–Kier alpha value is -4.10. The van der Waals surface area contributed by atoms with Gasteiger partial charge in [0.2, 0.25) is 0 Å². The molecule has 0 N–H and O–H groups in total. The maximum Gasteiger partial charge on any atom is 0.0541 e. The van der Waals surface area contributed by atoms with E-state index in [4.69, 9.17) is 0 Å². The number of allylic oxidation sites excluding steroid dienone is 12. The molecule has 4 aliphatic carbocycles. The van der Waals surface area contributed by atoms with E-state index >= 15 is 0 Å². The summed E-state index contributed by atoms with van der Waals surface area (Å²) in [4.78, 5) is 0. The topological polar surface area (TPSA) is 4.93 Å². The molecule has 1 unspecified atom stereocenters. The van der Waals surface area contributed by atoms with E-state index in [1.54, 1.807) is 22.3 Å². The van der Waals surface area contributed by atoms with Crippen LogP contribution in [0, 0.1) is 11.3 Å². The van der Waals surface area contributed by atoms with Crippen molar-refractivity contribution in [3.63, 3.8) is 0 Å². The van der Waals surface area contributed by atoms with Gasteiger partial charge in [0, 0.05) is 16.5 Å². The Morgan fingerprint density at radius 3 is 2.12 bits per heavy atom. The van der Waals surface area contributed by atoms with E-state index < -0.39 is 0 Å². The molecule has 0 spiro atoms. The van der Waals surface area contributed by atoms with Crippen LogP contribution in [0.5, 0.6) is 0 Å². The standard InChI is InChI=1S/C39H35N/c1-39(2)35-24-28(26-10-4-3-5-11-26)18-22-31(35)32-23-19-29(25-36(32)39)27-16-20-30(21-17-27)40-37-14-8-6-12-33(37)34-13-7-9-15-38(34)40/h3-4,6-10,12-18,20-22,25,35H,5,11,19,23-24H2,1-2H3. The molecule has 1 nitrogen and oxygen atoms in total. The summed E-state index contributed by atoms with van der Waals surface area (Å²) in [6, 6.07) is 26.8. The number of benzene rings is 3. The SMILES string of the molecule is CC1(C)C2=C(CCC(c3ccc(-n4c5ccccc5c5ccccc54)cc3)=C2)C2=CC=C(C3=CC=CCC3)CC21. The number of para-hydroxylation sites is 2. The second kappa shape index (κ2) is 8.96. The Balaban J connectivity index is 1.14. The van der Waals surface area contributed by atoms with Crippen molar-refractivity contribution >= 4 is 27.4 Å². The number of fused-ring (bicyclic) bond motifs is 5. The molecule has 0 fully saturated rings. The first-order valence-electron chi connectivity index (χ1n) is 14.9. The molecule has 1 heteroatoms. The second-order valence-electron chi connectivity index (χ2n) is 12.4. The highest BCUT2D eigenvalue weighted by molar-refractivity contribution is 6.09. The summed E-state index contributed by atoms with van der Waals surface area (Å²) in [5.41, 5.74) is 14.6. The fourth-order valence-electron chi connectivity index (χ4n) is 7.81. The van der Waals surface area contributed by atoms with E-state index in [0.29, 0.717) is 5.92 Å². The van der Waals surface area contributed by atoms with Crippen LogP contribution < -0.4 is 0 Å². The minimum absolute atomic E-state index is 0.153. The number of rotatable bonds is 3. The third kappa shape index (κ3) is 3.53. The summed E-state index contributed by atoms with van der Waals surface area (Å²) in [5.74, 6) is 0.581. The van der Waals surface area contributed by atoms with Crippen molar-refractivity contribution in [1.82, 2.24) is 4.57 Å². The predicted molar refractivity (Wildman–Crippen MR) is 170 cm³/mol. The largest absolute Gasteiger partial charge is 0.309 e. The molecule has 1 aromatic heterocycles.